The number of rotatable bonds is 3. The molecule has 0 amide bonds. The van der Waals surface area contributed by atoms with Crippen LogP contribution in [0.3, 0.4) is 0 Å². The molecule has 1 aliphatic rings. The summed E-state index contributed by atoms with van der Waals surface area (Å²) in [5.74, 6) is 0.0126. The topological polar surface area (TPSA) is 82.8 Å². The van der Waals surface area contributed by atoms with Crippen molar-refractivity contribution in [2.75, 3.05) is 12.3 Å². The van der Waals surface area contributed by atoms with E-state index < -0.39 is 9.84 Å². The van der Waals surface area contributed by atoms with E-state index in [4.69, 9.17) is 5.26 Å². The second-order valence-electron chi connectivity index (χ2n) is 4.40. The van der Waals surface area contributed by atoms with Gasteiger partial charge >= 0.3 is 0 Å². The first-order valence-corrected chi connectivity index (χ1v) is 7.60. The lowest BCUT2D eigenvalue weighted by atomic mass is 10.1. The van der Waals surface area contributed by atoms with Crippen molar-refractivity contribution in [1.29, 1.82) is 5.26 Å². The van der Waals surface area contributed by atoms with Gasteiger partial charge in [0.15, 0.2) is 14.9 Å². The van der Waals surface area contributed by atoms with Gasteiger partial charge in [-0.05, 0) is 31.5 Å². The molecule has 0 bridgehead atoms. The molecule has 6 heteroatoms. The normalized spacial score (nSPS) is 20.3. The van der Waals surface area contributed by atoms with Gasteiger partial charge in [0.05, 0.1) is 11.3 Å². The number of sulfone groups is 1. The molecule has 0 saturated carbocycles. The lowest BCUT2D eigenvalue weighted by molar-refractivity contribution is 0.423. The highest BCUT2D eigenvalue weighted by Crippen LogP contribution is 2.17. The van der Waals surface area contributed by atoms with Crippen LogP contribution in [0.5, 0.6) is 0 Å². The molecule has 0 aromatic carbocycles. The molecule has 1 aromatic heterocycles. The van der Waals surface area contributed by atoms with Gasteiger partial charge in [-0.3, -0.25) is 0 Å². The van der Waals surface area contributed by atoms with Gasteiger partial charge in [0, 0.05) is 12.2 Å². The molecule has 0 aliphatic carbocycles. The first kappa shape index (κ1) is 13.0. The van der Waals surface area contributed by atoms with Crippen LogP contribution < -0.4 is 5.32 Å². The van der Waals surface area contributed by atoms with Gasteiger partial charge in [-0.15, -0.1) is 0 Å². The molecule has 2 rings (SSSR count). The molecular formula is C12H15N3O2S. The third kappa shape index (κ3) is 2.86. The highest BCUT2D eigenvalue weighted by molar-refractivity contribution is 7.91. The number of pyridine rings is 1. The molecule has 1 saturated heterocycles. The zero-order valence-corrected chi connectivity index (χ0v) is 10.8. The number of hydrogen-bond donors (Lipinski definition) is 1. The van der Waals surface area contributed by atoms with Crippen LogP contribution in [0.2, 0.25) is 0 Å². The zero-order chi connectivity index (χ0) is 13.0. The minimum absolute atomic E-state index is 0.0126. The first-order valence-electron chi connectivity index (χ1n) is 5.95. The second-order valence-corrected chi connectivity index (χ2v) is 6.35. The SMILES string of the molecule is N#Cc1cccnc1S(=O)(=O)C[C@H]1CCCCN1. The lowest BCUT2D eigenvalue weighted by Gasteiger charge is -2.23. The van der Waals surface area contributed by atoms with Gasteiger partial charge in [-0.2, -0.15) is 5.26 Å². The van der Waals surface area contributed by atoms with Crippen LogP contribution >= 0.6 is 0 Å². The molecule has 18 heavy (non-hydrogen) atoms. The van der Waals surface area contributed by atoms with Crippen LogP contribution in [0.1, 0.15) is 24.8 Å². The Balaban J connectivity index is 2.22. The Kier molecular flexibility index (Phi) is 3.94. The van der Waals surface area contributed by atoms with E-state index in [1.165, 1.54) is 12.3 Å². The van der Waals surface area contributed by atoms with E-state index in [0.717, 1.165) is 25.8 Å². The van der Waals surface area contributed by atoms with Gasteiger partial charge in [0.25, 0.3) is 0 Å². The average molecular weight is 265 g/mol. The van der Waals surface area contributed by atoms with Gasteiger partial charge in [0.1, 0.15) is 6.07 Å². The zero-order valence-electron chi connectivity index (χ0n) is 9.96. The van der Waals surface area contributed by atoms with E-state index in [2.05, 4.69) is 10.3 Å². The predicted molar refractivity (Wildman–Crippen MR) is 66.6 cm³/mol. The van der Waals surface area contributed by atoms with Gasteiger partial charge in [-0.25, -0.2) is 13.4 Å². The Labute approximate surface area is 107 Å². The van der Waals surface area contributed by atoms with Crippen molar-refractivity contribution in [3.8, 4) is 6.07 Å². The van der Waals surface area contributed by atoms with Crippen molar-refractivity contribution in [3.05, 3.63) is 23.9 Å². The molecule has 1 aromatic rings. The summed E-state index contributed by atoms with van der Waals surface area (Å²) < 4.78 is 24.5. The molecule has 0 unspecified atom stereocenters. The van der Waals surface area contributed by atoms with Crippen LogP contribution in [-0.4, -0.2) is 31.7 Å². The van der Waals surface area contributed by atoms with Crippen molar-refractivity contribution in [2.45, 2.75) is 30.3 Å². The summed E-state index contributed by atoms with van der Waals surface area (Å²) in [5, 5.41) is 12.0. The fourth-order valence-corrected chi connectivity index (χ4v) is 3.78. The van der Waals surface area contributed by atoms with Crippen LogP contribution in [0.4, 0.5) is 0 Å². The summed E-state index contributed by atoms with van der Waals surface area (Å²) in [5.41, 5.74) is 0.119. The predicted octanol–water partition coefficient (Wildman–Crippen LogP) is 0.869. The largest absolute Gasteiger partial charge is 0.313 e. The number of aromatic nitrogens is 1. The minimum Gasteiger partial charge on any atom is -0.313 e. The van der Waals surface area contributed by atoms with Crippen LogP contribution in [0, 0.1) is 11.3 Å². The summed E-state index contributed by atoms with van der Waals surface area (Å²) >= 11 is 0. The maximum atomic E-state index is 12.2. The van der Waals surface area contributed by atoms with Gasteiger partial charge < -0.3 is 5.32 Å². The second kappa shape index (κ2) is 5.46. The molecule has 1 aliphatic heterocycles. The Morgan fingerprint density at radius 2 is 2.33 bits per heavy atom. The molecule has 1 N–H and O–H groups in total. The van der Waals surface area contributed by atoms with Crippen molar-refractivity contribution >= 4 is 9.84 Å². The number of nitrogens with one attached hydrogen (secondary N) is 1. The fourth-order valence-electron chi connectivity index (χ4n) is 2.13. The summed E-state index contributed by atoms with van der Waals surface area (Å²) in [6, 6.07) is 4.89. The summed E-state index contributed by atoms with van der Waals surface area (Å²) in [6.45, 7) is 0.855. The smallest absolute Gasteiger partial charge is 0.198 e. The Bertz CT molecular complexity index is 557. The van der Waals surface area contributed by atoms with Crippen molar-refractivity contribution in [2.24, 2.45) is 0 Å². The standard InChI is InChI=1S/C12H15N3O2S/c13-8-10-4-3-7-15-12(10)18(16,17)9-11-5-1-2-6-14-11/h3-4,7,11,14H,1-2,5-6,9H2/t11-/m1/s1. The van der Waals surface area contributed by atoms with Gasteiger partial charge in [-0.1, -0.05) is 6.42 Å². The maximum Gasteiger partial charge on any atom is 0.198 e. The van der Waals surface area contributed by atoms with E-state index in [9.17, 15) is 8.42 Å². The number of nitriles is 1. The third-order valence-corrected chi connectivity index (χ3v) is 4.77. The lowest BCUT2D eigenvalue weighted by Crippen LogP contribution is -2.39. The van der Waals surface area contributed by atoms with Crippen LogP contribution in [-0.2, 0) is 9.84 Å². The van der Waals surface area contributed by atoms with E-state index in [1.54, 1.807) is 6.07 Å². The van der Waals surface area contributed by atoms with E-state index in [1.807, 2.05) is 6.07 Å². The minimum atomic E-state index is -3.50. The monoisotopic (exact) mass is 265 g/mol. The first-order chi connectivity index (χ1) is 8.63. The van der Waals surface area contributed by atoms with Crippen molar-refractivity contribution < 1.29 is 8.42 Å². The summed E-state index contributed by atoms with van der Waals surface area (Å²) in [7, 11) is -3.50. The van der Waals surface area contributed by atoms with E-state index >= 15 is 0 Å². The Morgan fingerprint density at radius 1 is 1.50 bits per heavy atom. The van der Waals surface area contributed by atoms with E-state index in [-0.39, 0.29) is 22.4 Å². The van der Waals surface area contributed by atoms with E-state index in [0.29, 0.717) is 0 Å². The number of piperidine rings is 1. The summed E-state index contributed by atoms with van der Waals surface area (Å²) in [4.78, 5) is 3.85. The third-order valence-electron chi connectivity index (χ3n) is 3.02. The Morgan fingerprint density at radius 3 is 3.00 bits per heavy atom. The highest BCUT2D eigenvalue weighted by atomic mass is 32.2. The molecule has 1 fully saturated rings. The Hall–Kier alpha value is -1.45. The molecule has 2 heterocycles. The number of nitrogens with zero attached hydrogens (tertiary/aromatic N) is 2. The molecule has 0 radical (unpaired) electrons. The molecule has 96 valence electrons. The molecule has 1 atom stereocenters. The molecule has 0 spiro atoms. The van der Waals surface area contributed by atoms with Crippen LogP contribution in [0.15, 0.2) is 23.4 Å². The quantitative estimate of drug-likeness (QED) is 0.876. The van der Waals surface area contributed by atoms with Gasteiger partial charge in [0.2, 0.25) is 0 Å². The molecular weight excluding hydrogens is 250 g/mol. The van der Waals surface area contributed by atoms with Crippen LogP contribution in [0.25, 0.3) is 0 Å². The van der Waals surface area contributed by atoms with Crippen molar-refractivity contribution in [3.63, 3.8) is 0 Å². The fraction of sp³-hybridized carbons (Fsp3) is 0.500. The summed E-state index contributed by atoms with van der Waals surface area (Å²) in [6.07, 6.45) is 4.39. The number of hydrogen-bond acceptors (Lipinski definition) is 5. The highest BCUT2D eigenvalue weighted by Gasteiger charge is 2.25. The molecule has 5 nitrogen and oxygen atoms in total. The maximum absolute atomic E-state index is 12.2. The van der Waals surface area contributed by atoms with Crippen molar-refractivity contribution in [1.82, 2.24) is 10.3 Å². The average Bonchev–Trinajstić information content (AvgIpc) is 2.39.